The maximum absolute atomic E-state index is 5.39. The third-order valence-corrected chi connectivity index (χ3v) is 3.54. The normalized spacial score (nSPS) is 26.0. The highest BCUT2D eigenvalue weighted by Crippen LogP contribution is 2.34. The number of hydrogen-bond acceptors (Lipinski definition) is 2. The number of ether oxygens (including phenoxy) is 1. The molecule has 0 aromatic rings. The minimum absolute atomic E-state index is 0.867. The summed E-state index contributed by atoms with van der Waals surface area (Å²) in [5.41, 5.74) is 0. The number of hydrogen-bond donors (Lipinski definition) is 1. The van der Waals surface area contributed by atoms with Crippen LogP contribution in [-0.4, -0.2) is 26.3 Å². The summed E-state index contributed by atoms with van der Waals surface area (Å²) in [4.78, 5) is 0. The molecule has 0 aromatic heterocycles. The van der Waals surface area contributed by atoms with Crippen molar-refractivity contribution in [2.75, 3.05) is 26.3 Å². The zero-order valence-corrected chi connectivity index (χ0v) is 10.4. The first-order valence-electron chi connectivity index (χ1n) is 6.66. The van der Waals surface area contributed by atoms with Crippen LogP contribution in [-0.2, 0) is 4.74 Å². The smallest absolute Gasteiger partial charge is 0.0465 e. The van der Waals surface area contributed by atoms with Crippen LogP contribution in [0.25, 0.3) is 0 Å². The molecule has 0 aromatic carbocycles. The second kappa shape index (κ2) is 8.12. The maximum Gasteiger partial charge on any atom is 0.0465 e. The quantitative estimate of drug-likeness (QED) is 0.626. The molecule has 2 unspecified atom stereocenters. The third-order valence-electron chi connectivity index (χ3n) is 3.54. The molecule has 0 amide bonds. The summed E-state index contributed by atoms with van der Waals surface area (Å²) < 4.78 is 5.39. The Morgan fingerprint density at radius 2 is 2.00 bits per heavy atom. The average molecular weight is 213 g/mol. The van der Waals surface area contributed by atoms with E-state index in [4.69, 9.17) is 4.74 Å². The van der Waals surface area contributed by atoms with Gasteiger partial charge in [0.2, 0.25) is 0 Å². The van der Waals surface area contributed by atoms with Crippen molar-refractivity contribution >= 4 is 0 Å². The molecular formula is C13H27NO. The van der Waals surface area contributed by atoms with Crippen LogP contribution in [0.4, 0.5) is 0 Å². The van der Waals surface area contributed by atoms with Crippen LogP contribution in [0, 0.1) is 11.8 Å². The van der Waals surface area contributed by atoms with Gasteiger partial charge in [0, 0.05) is 13.2 Å². The van der Waals surface area contributed by atoms with Crippen molar-refractivity contribution in [3.63, 3.8) is 0 Å². The van der Waals surface area contributed by atoms with E-state index < -0.39 is 0 Å². The topological polar surface area (TPSA) is 21.3 Å². The molecule has 1 saturated carbocycles. The maximum atomic E-state index is 5.39. The van der Waals surface area contributed by atoms with Crippen LogP contribution in [0.3, 0.4) is 0 Å². The van der Waals surface area contributed by atoms with Gasteiger partial charge in [0.25, 0.3) is 0 Å². The van der Waals surface area contributed by atoms with Gasteiger partial charge >= 0.3 is 0 Å². The molecule has 1 N–H and O–H groups in total. The first-order valence-corrected chi connectivity index (χ1v) is 6.66. The zero-order chi connectivity index (χ0) is 10.9. The summed E-state index contributed by atoms with van der Waals surface area (Å²) in [6.07, 6.45) is 6.95. The lowest BCUT2D eigenvalue weighted by molar-refractivity contribution is 0.137. The van der Waals surface area contributed by atoms with Crippen molar-refractivity contribution in [1.29, 1.82) is 0 Å². The van der Waals surface area contributed by atoms with Crippen molar-refractivity contribution in [2.24, 2.45) is 11.8 Å². The molecular weight excluding hydrogens is 186 g/mol. The molecule has 1 fully saturated rings. The van der Waals surface area contributed by atoms with Gasteiger partial charge in [0.1, 0.15) is 0 Å². The molecule has 0 bridgehead atoms. The SMILES string of the molecule is CCNCC1CCCC1CCCOCC. The summed E-state index contributed by atoms with van der Waals surface area (Å²) in [5, 5.41) is 3.49. The van der Waals surface area contributed by atoms with Gasteiger partial charge in [-0.15, -0.1) is 0 Å². The summed E-state index contributed by atoms with van der Waals surface area (Å²) in [5.74, 6) is 1.90. The lowest BCUT2D eigenvalue weighted by Gasteiger charge is -2.19. The van der Waals surface area contributed by atoms with Gasteiger partial charge in [0.15, 0.2) is 0 Å². The Morgan fingerprint density at radius 3 is 2.73 bits per heavy atom. The van der Waals surface area contributed by atoms with E-state index in [2.05, 4.69) is 19.2 Å². The van der Waals surface area contributed by atoms with Crippen molar-refractivity contribution in [3.05, 3.63) is 0 Å². The van der Waals surface area contributed by atoms with Crippen LogP contribution in [0.15, 0.2) is 0 Å². The highest BCUT2D eigenvalue weighted by molar-refractivity contribution is 4.78. The lowest BCUT2D eigenvalue weighted by Crippen LogP contribution is -2.25. The van der Waals surface area contributed by atoms with Gasteiger partial charge in [-0.2, -0.15) is 0 Å². The van der Waals surface area contributed by atoms with Crippen molar-refractivity contribution in [3.8, 4) is 0 Å². The fourth-order valence-electron chi connectivity index (χ4n) is 2.68. The largest absolute Gasteiger partial charge is 0.382 e. The van der Waals surface area contributed by atoms with Gasteiger partial charge in [-0.25, -0.2) is 0 Å². The van der Waals surface area contributed by atoms with E-state index in [0.29, 0.717) is 0 Å². The Kier molecular flexibility index (Phi) is 7.03. The minimum atomic E-state index is 0.867. The molecule has 90 valence electrons. The number of rotatable bonds is 8. The van der Waals surface area contributed by atoms with Crippen LogP contribution in [0.5, 0.6) is 0 Å². The molecule has 1 aliphatic rings. The minimum Gasteiger partial charge on any atom is -0.382 e. The molecule has 1 aliphatic carbocycles. The third kappa shape index (κ3) is 4.98. The lowest BCUT2D eigenvalue weighted by atomic mass is 9.91. The van der Waals surface area contributed by atoms with E-state index in [9.17, 15) is 0 Å². The Hall–Kier alpha value is -0.0800. The van der Waals surface area contributed by atoms with Gasteiger partial charge in [-0.1, -0.05) is 19.8 Å². The molecule has 2 nitrogen and oxygen atoms in total. The molecule has 0 spiro atoms. The zero-order valence-electron chi connectivity index (χ0n) is 10.4. The average Bonchev–Trinajstić information content (AvgIpc) is 2.69. The Bertz CT molecular complexity index is 149. The van der Waals surface area contributed by atoms with Crippen molar-refractivity contribution < 1.29 is 4.74 Å². The van der Waals surface area contributed by atoms with E-state index in [1.165, 1.54) is 38.6 Å². The van der Waals surface area contributed by atoms with Crippen molar-refractivity contribution in [2.45, 2.75) is 46.0 Å². The highest BCUT2D eigenvalue weighted by Gasteiger charge is 2.25. The molecule has 2 atom stereocenters. The van der Waals surface area contributed by atoms with Crippen LogP contribution in [0.2, 0.25) is 0 Å². The standard InChI is InChI=1S/C13H27NO/c1-3-14-11-13-8-5-7-12(13)9-6-10-15-4-2/h12-14H,3-11H2,1-2H3. The van der Waals surface area contributed by atoms with E-state index >= 15 is 0 Å². The first-order chi connectivity index (χ1) is 7.38. The Balaban J connectivity index is 2.09. The molecule has 15 heavy (non-hydrogen) atoms. The molecule has 0 aliphatic heterocycles. The highest BCUT2D eigenvalue weighted by atomic mass is 16.5. The molecule has 0 saturated heterocycles. The number of nitrogens with one attached hydrogen (secondary N) is 1. The van der Waals surface area contributed by atoms with Gasteiger partial charge in [0.05, 0.1) is 0 Å². The van der Waals surface area contributed by atoms with Gasteiger partial charge < -0.3 is 10.1 Å². The van der Waals surface area contributed by atoms with E-state index in [0.717, 1.165) is 31.6 Å². The predicted molar refractivity (Wildman–Crippen MR) is 65.1 cm³/mol. The van der Waals surface area contributed by atoms with Gasteiger partial charge in [-0.05, 0) is 51.1 Å². The molecule has 0 radical (unpaired) electrons. The summed E-state index contributed by atoms with van der Waals surface area (Å²) in [6, 6.07) is 0. The monoisotopic (exact) mass is 213 g/mol. The van der Waals surface area contributed by atoms with Gasteiger partial charge in [-0.3, -0.25) is 0 Å². The van der Waals surface area contributed by atoms with Crippen LogP contribution in [0.1, 0.15) is 46.0 Å². The Morgan fingerprint density at radius 1 is 1.20 bits per heavy atom. The van der Waals surface area contributed by atoms with Crippen LogP contribution >= 0.6 is 0 Å². The second-order valence-corrected chi connectivity index (χ2v) is 4.60. The predicted octanol–water partition coefficient (Wildman–Crippen LogP) is 2.83. The Labute approximate surface area is 94.8 Å². The summed E-state index contributed by atoms with van der Waals surface area (Å²) in [6.45, 7) is 8.44. The second-order valence-electron chi connectivity index (χ2n) is 4.60. The summed E-state index contributed by atoms with van der Waals surface area (Å²) in [7, 11) is 0. The molecule has 2 heteroatoms. The molecule has 0 heterocycles. The van der Waals surface area contributed by atoms with Crippen molar-refractivity contribution in [1.82, 2.24) is 5.32 Å². The first kappa shape index (κ1) is 13.0. The fourth-order valence-corrected chi connectivity index (χ4v) is 2.68. The van der Waals surface area contributed by atoms with E-state index in [-0.39, 0.29) is 0 Å². The van der Waals surface area contributed by atoms with E-state index in [1.54, 1.807) is 0 Å². The fraction of sp³-hybridized carbons (Fsp3) is 1.00. The van der Waals surface area contributed by atoms with Crippen LogP contribution < -0.4 is 5.32 Å². The summed E-state index contributed by atoms with van der Waals surface area (Å²) >= 11 is 0. The van der Waals surface area contributed by atoms with E-state index in [1.807, 2.05) is 0 Å². The molecule has 1 rings (SSSR count).